The Morgan fingerprint density at radius 1 is 1.36 bits per heavy atom. The fraction of sp³-hybridized carbons (Fsp3) is 0. The zero-order valence-electron chi connectivity index (χ0n) is 7.17. The van der Waals surface area contributed by atoms with Gasteiger partial charge in [-0.05, 0) is 34.1 Å². The summed E-state index contributed by atoms with van der Waals surface area (Å²) >= 11 is 9.41. The highest BCUT2D eigenvalue weighted by atomic mass is 79.9. The van der Waals surface area contributed by atoms with E-state index in [0.717, 1.165) is 15.6 Å². The van der Waals surface area contributed by atoms with Crippen molar-refractivity contribution in [2.45, 2.75) is 0 Å². The van der Waals surface area contributed by atoms with Gasteiger partial charge in [0.2, 0.25) is 0 Å². The first-order valence-corrected chi connectivity index (χ1v) is 5.21. The molecule has 69 valence electrons. The van der Waals surface area contributed by atoms with Crippen LogP contribution in [0.3, 0.4) is 0 Å². The van der Waals surface area contributed by atoms with Crippen molar-refractivity contribution in [1.29, 1.82) is 0 Å². The summed E-state index contributed by atoms with van der Waals surface area (Å²) in [5, 5.41) is 0.687. The van der Waals surface area contributed by atoms with Crippen LogP contribution in [0.1, 0.15) is 0 Å². The molecule has 0 unspecified atom stereocenters. The quantitative estimate of drug-likeness (QED) is 0.762. The summed E-state index contributed by atoms with van der Waals surface area (Å²) in [4.78, 5) is 4.09. The molecule has 0 aliphatic heterocycles. The average molecular weight is 268 g/mol. The monoisotopic (exact) mass is 266 g/mol. The first-order chi connectivity index (χ1) is 6.77. The Kier molecular flexibility index (Phi) is 2.85. The standard InChI is InChI=1S/C11H6BrClN/c12-9-5-8(6-14-7-9)10-3-1-2-4-11(10)13/h1,3-7H. The largest absolute Gasteiger partial charge is 0.263 e. The summed E-state index contributed by atoms with van der Waals surface area (Å²) in [7, 11) is 0. The van der Waals surface area contributed by atoms with Crippen molar-refractivity contribution in [3.63, 3.8) is 0 Å². The smallest absolute Gasteiger partial charge is 0.0491 e. The molecule has 1 nitrogen and oxygen atoms in total. The topological polar surface area (TPSA) is 12.9 Å². The van der Waals surface area contributed by atoms with E-state index in [-0.39, 0.29) is 0 Å². The van der Waals surface area contributed by atoms with Gasteiger partial charge in [0.15, 0.2) is 0 Å². The second-order valence-corrected chi connectivity index (χ2v) is 4.12. The molecule has 1 aromatic carbocycles. The van der Waals surface area contributed by atoms with Crippen LogP contribution in [0.2, 0.25) is 5.02 Å². The zero-order chi connectivity index (χ0) is 9.97. The van der Waals surface area contributed by atoms with Crippen LogP contribution in [-0.2, 0) is 0 Å². The van der Waals surface area contributed by atoms with E-state index in [4.69, 9.17) is 11.6 Å². The Labute approximate surface area is 95.9 Å². The van der Waals surface area contributed by atoms with Gasteiger partial charge in [-0.15, -0.1) is 0 Å². The van der Waals surface area contributed by atoms with Gasteiger partial charge in [0.1, 0.15) is 0 Å². The maximum atomic E-state index is 6.04. The number of hydrogen-bond acceptors (Lipinski definition) is 1. The van der Waals surface area contributed by atoms with Crippen LogP contribution in [0.5, 0.6) is 0 Å². The predicted molar refractivity (Wildman–Crippen MR) is 61.2 cm³/mol. The van der Waals surface area contributed by atoms with E-state index < -0.39 is 0 Å². The zero-order valence-corrected chi connectivity index (χ0v) is 9.51. The minimum absolute atomic E-state index is 0.687. The molecule has 0 aliphatic rings. The molecule has 0 bridgehead atoms. The van der Waals surface area contributed by atoms with Crippen LogP contribution in [-0.4, -0.2) is 4.98 Å². The SMILES string of the molecule is Clc1c[c]ccc1-c1cncc(Br)c1. The van der Waals surface area contributed by atoms with E-state index in [1.54, 1.807) is 18.5 Å². The highest BCUT2D eigenvalue weighted by Gasteiger charge is 2.02. The molecule has 1 heterocycles. The molecule has 2 aromatic rings. The molecule has 1 aromatic heterocycles. The lowest BCUT2D eigenvalue weighted by atomic mass is 10.1. The molecule has 0 amide bonds. The Hall–Kier alpha value is -0.860. The summed E-state index contributed by atoms with van der Waals surface area (Å²) in [5.41, 5.74) is 1.97. The number of rotatable bonds is 1. The lowest BCUT2D eigenvalue weighted by Gasteiger charge is -2.03. The van der Waals surface area contributed by atoms with E-state index in [2.05, 4.69) is 27.0 Å². The van der Waals surface area contributed by atoms with Gasteiger partial charge < -0.3 is 0 Å². The molecule has 1 radical (unpaired) electrons. The minimum atomic E-state index is 0.687. The van der Waals surface area contributed by atoms with E-state index in [9.17, 15) is 0 Å². The minimum Gasteiger partial charge on any atom is -0.263 e. The van der Waals surface area contributed by atoms with Gasteiger partial charge in [-0.1, -0.05) is 23.7 Å². The average Bonchev–Trinajstić information content (AvgIpc) is 2.18. The van der Waals surface area contributed by atoms with Crippen LogP contribution in [0, 0.1) is 6.07 Å². The van der Waals surface area contributed by atoms with E-state index in [1.165, 1.54) is 0 Å². The van der Waals surface area contributed by atoms with Crippen molar-refractivity contribution in [3.05, 3.63) is 52.2 Å². The molecule has 2 rings (SSSR count). The summed E-state index contributed by atoms with van der Waals surface area (Å²) in [5.74, 6) is 0. The first-order valence-electron chi connectivity index (χ1n) is 4.04. The molecule has 0 spiro atoms. The van der Waals surface area contributed by atoms with Crippen molar-refractivity contribution in [1.82, 2.24) is 4.98 Å². The molecule has 3 heteroatoms. The second-order valence-electron chi connectivity index (χ2n) is 2.80. The molecule has 0 N–H and O–H groups in total. The maximum absolute atomic E-state index is 6.04. The molecular weight excluding hydrogens is 261 g/mol. The third-order valence-corrected chi connectivity index (χ3v) is 2.58. The lowest BCUT2D eigenvalue weighted by molar-refractivity contribution is 1.31. The lowest BCUT2D eigenvalue weighted by Crippen LogP contribution is -1.81. The second kappa shape index (κ2) is 4.11. The molecule has 0 saturated heterocycles. The van der Waals surface area contributed by atoms with Crippen LogP contribution in [0.15, 0.2) is 41.1 Å². The van der Waals surface area contributed by atoms with Gasteiger partial charge in [0, 0.05) is 33.0 Å². The third-order valence-electron chi connectivity index (χ3n) is 1.83. The van der Waals surface area contributed by atoms with Gasteiger partial charge >= 0.3 is 0 Å². The Morgan fingerprint density at radius 2 is 2.21 bits per heavy atom. The van der Waals surface area contributed by atoms with Gasteiger partial charge in [-0.3, -0.25) is 4.98 Å². The maximum Gasteiger partial charge on any atom is 0.0491 e. The van der Waals surface area contributed by atoms with E-state index in [1.807, 2.05) is 18.2 Å². The number of halogens is 2. The van der Waals surface area contributed by atoms with Crippen molar-refractivity contribution >= 4 is 27.5 Å². The summed E-state index contributed by atoms with van der Waals surface area (Å²) in [6, 6.07) is 10.4. The third kappa shape index (κ3) is 1.97. The van der Waals surface area contributed by atoms with Crippen molar-refractivity contribution in [2.24, 2.45) is 0 Å². The molecule has 0 atom stereocenters. The van der Waals surface area contributed by atoms with Crippen molar-refractivity contribution < 1.29 is 0 Å². The number of hydrogen-bond donors (Lipinski definition) is 0. The predicted octanol–water partition coefficient (Wildman–Crippen LogP) is 3.96. The molecule has 0 saturated carbocycles. The Balaban J connectivity index is 2.55. The number of benzene rings is 1. The van der Waals surface area contributed by atoms with Crippen LogP contribution in [0.25, 0.3) is 11.1 Å². The molecule has 14 heavy (non-hydrogen) atoms. The summed E-state index contributed by atoms with van der Waals surface area (Å²) in [6.45, 7) is 0. The molecule has 0 aliphatic carbocycles. The Bertz CT molecular complexity index is 457. The van der Waals surface area contributed by atoms with Crippen LogP contribution >= 0.6 is 27.5 Å². The van der Waals surface area contributed by atoms with Crippen LogP contribution in [0.4, 0.5) is 0 Å². The fourth-order valence-corrected chi connectivity index (χ4v) is 1.80. The number of pyridine rings is 1. The molecule has 0 fully saturated rings. The number of aromatic nitrogens is 1. The molecular formula is C11H6BrClN. The van der Waals surface area contributed by atoms with Gasteiger partial charge in [-0.2, -0.15) is 0 Å². The van der Waals surface area contributed by atoms with Crippen LogP contribution < -0.4 is 0 Å². The van der Waals surface area contributed by atoms with Crippen molar-refractivity contribution in [3.8, 4) is 11.1 Å². The first kappa shape index (κ1) is 9.69. The Morgan fingerprint density at radius 3 is 2.93 bits per heavy atom. The highest BCUT2D eigenvalue weighted by molar-refractivity contribution is 9.10. The van der Waals surface area contributed by atoms with E-state index >= 15 is 0 Å². The van der Waals surface area contributed by atoms with Gasteiger partial charge in [-0.25, -0.2) is 0 Å². The number of nitrogens with zero attached hydrogens (tertiary/aromatic N) is 1. The summed E-state index contributed by atoms with van der Waals surface area (Å²) in [6.07, 6.45) is 3.53. The summed E-state index contributed by atoms with van der Waals surface area (Å²) < 4.78 is 0.943. The fourth-order valence-electron chi connectivity index (χ4n) is 1.20. The normalized spacial score (nSPS) is 10.1. The van der Waals surface area contributed by atoms with Gasteiger partial charge in [0.25, 0.3) is 0 Å². The van der Waals surface area contributed by atoms with Crippen molar-refractivity contribution in [2.75, 3.05) is 0 Å². The highest BCUT2D eigenvalue weighted by Crippen LogP contribution is 2.28. The van der Waals surface area contributed by atoms with E-state index in [0.29, 0.717) is 5.02 Å². The van der Waals surface area contributed by atoms with Gasteiger partial charge in [0.05, 0.1) is 0 Å².